The van der Waals surface area contributed by atoms with Gasteiger partial charge < -0.3 is 4.98 Å². The van der Waals surface area contributed by atoms with Crippen LogP contribution in [0, 0.1) is 0 Å². The van der Waals surface area contributed by atoms with E-state index in [4.69, 9.17) is 0 Å². The third-order valence-electron chi connectivity index (χ3n) is 3.62. The second-order valence-corrected chi connectivity index (χ2v) is 4.77. The Morgan fingerprint density at radius 1 is 1.33 bits per heavy atom. The fraction of sp³-hybridized carbons (Fsp3) is 0.250. The molecule has 3 rings (SSSR count). The number of nitrogens with zero attached hydrogens (tertiary/aromatic N) is 1. The van der Waals surface area contributed by atoms with Crippen LogP contribution in [-0.4, -0.2) is 29.5 Å². The molecule has 0 saturated carbocycles. The van der Waals surface area contributed by atoms with Gasteiger partial charge >= 0.3 is 0 Å². The normalized spacial score (nSPS) is 16.8. The highest BCUT2D eigenvalue weighted by Gasteiger charge is 2.13. The van der Waals surface area contributed by atoms with Crippen molar-refractivity contribution < 1.29 is 0 Å². The van der Waals surface area contributed by atoms with Crippen LogP contribution in [0.3, 0.4) is 0 Å². The molecule has 1 N–H and O–H groups in total. The molecule has 0 amide bonds. The van der Waals surface area contributed by atoms with Gasteiger partial charge in [0.05, 0.1) is 0 Å². The first kappa shape index (κ1) is 11.3. The summed E-state index contributed by atoms with van der Waals surface area (Å²) < 4.78 is 0. The van der Waals surface area contributed by atoms with Gasteiger partial charge in [0, 0.05) is 36.7 Å². The molecule has 0 atom stereocenters. The van der Waals surface area contributed by atoms with Crippen LogP contribution < -0.4 is 0 Å². The topological polar surface area (TPSA) is 19.0 Å². The minimum atomic E-state index is 0.984. The lowest BCUT2D eigenvalue weighted by atomic mass is 9.96. The highest BCUT2D eigenvalue weighted by molar-refractivity contribution is 5.92. The minimum Gasteiger partial charge on any atom is -0.361 e. The monoisotopic (exact) mass is 238 g/mol. The zero-order valence-corrected chi connectivity index (χ0v) is 10.5. The summed E-state index contributed by atoms with van der Waals surface area (Å²) in [6, 6.07) is 8.66. The van der Waals surface area contributed by atoms with Gasteiger partial charge in [0.2, 0.25) is 0 Å². The van der Waals surface area contributed by atoms with Crippen LogP contribution in [-0.2, 0) is 0 Å². The maximum Gasteiger partial charge on any atom is 0.0460 e. The van der Waals surface area contributed by atoms with Crippen LogP contribution >= 0.6 is 0 Å². The van der Waals surface area contributed by atoms with Crippen LogP contribution in [0.1, 0.15) is 12.0 Å². The molecule has 92 valence electrons. The second kappa shape index (κ2) is 4.83. The Kier molecular flexibility index (Phi) is 3.03. The fourth-order valence-corrected chi connectivity index (χ4v) is 2.67. The summed E-state index contributed by atoms with van der Waals surface area (Å²) in [5.74, 6) is 0. The molecule has 2 nitrogen and oxygen atoms in total. The van der Waals surface area contributed by atoms with E-state index in [1.54, 1.807) is 0 Å². The molecule has 1 aliphatic rings. The average molecular weight is 238 g/mol. The molecule has 1 aromatic heterocycles. The molecule has 0 radical (unpaired) electrons. The molecule has 0 saturated heterocycles. The molecule has 1 aromatic carbocycles. The van der Waals surface area contributed by atoms with Crippen molar-refractivity contribution in [1.29, 1.82) is 0 Å². The number of H-pyrrole nitrogens is 1. The lowest BCUT2D eigenvalue weighted by molar-refractivity contribution is 0.335. The summed E-state index contributed by atoms with van der Waals surface area (Å²) in [6.07, 6.45) is 7.47. The van der Waals surface area contributed by atoms with Gasteiger partial charge in [0.1, 0.15) is 0 Å². The first-order valence-corrected chi connectivity index (χ1v) is 6.47. The van der Waals surface area contributed by atoms with Crippen molar-refractivity contribution in [3.63, 3.8) is 0 Å². The Bertz CT molecular complexity index is 592. The van der Waals surface area contributed by atoms with Gasteiger partial charge in [-0.1, -0.05) is 24.3 Å². The molecule has 0 unspecified atom stereocenters. The van der Waals surface area contributed by atoms with E-state index < -0.39 is 0 Å². The summed E-state index contributed by atoms with van der Waals surface area (Å²) >= 11 is 0. The first-order valence-electron chi connectivity index (χ1n) is 6.47. The van der Waals surface area contributed by atoms with E-state index in [0.29, 0.717) is 0 Å². The van der Waals surface area contributed by atoms with E-state index in [2.05, 4.69) is 46.8 Å². The highest BCUT2D eigenvalue weighted by atomic mass is 15.1. The van der Waals surface area contributed by atoms with Crippen molar-refractivity contribution in [2.24, 2.45) is 0 Å². The molecule has 0 fully saturated rings. The van der Waals surface area contributed by atoms with Crippen molar-refractivity contribution in [2.75, 3.05) is 19.6 Å². The van der Waals surface area contributed by atoms with Crippen LogP contribution in [0.25, 0.3) is 16.5 Å². The van der Waals surface area contributed by atoms with Crippen LogP contribution in [0.2, 0.25) is 0 Å². The molecular weight excluding hydrogens is 220 g/mol. The summed E-state index contributed by atoms with van der Waals surface area (Å²) in [4.78, 5) is 5.69. The number of hydrogen-bond acceptors (Lipinski definition) is 1. The SMILES string of the molecule is C=CCN1CC=C(c2cccc3[nH]ccc23)CC1. The van der Waals surface area contributed by atoms with Gasteiger partial charge in [-0.15, -0.1) is 6.58 Å². The first-order chi connectivity index (χ1) is 8.88. The maximum absolute atomic E-state index is 3.80. The molecule has 18 heavy (non-hydrogen) atoms. The molecule has 0 spiro atoms. The Morgan fingerprint density at radius 2 is 2.28 bits per heavy atom. The number of fused-ring (bicyclic) bond motifs is 1. The van der Waals surface area contributed by atoms with Crippen molar-refractivity contribution in [2.45, 2.75) is 6.42 Å². The van der Waals surface area contributed by atoms with Crippen LogP contribution in [0.15, 0.2) is 49.2 Å². The van der Waals surface area contributed by atoms with E-state index in [9.17, 15) is 0 Å². The molecular formula is C16H18N2. The van der Waals surface area contributed by atoms with Gasteiger partial charge in [-0.2, -0.15) is 0 Å². The zero-order valence-electron chi connectivity index (χ0n) is 10.5. The van der Waals surface area contributed by atoms with Crippen LogP contribution in [0.5, 0.6) is 0 Å². The van der Waals surface area contributed by atoms with Gasteiger partial charge in [0.15, 0.2) is 0 Å². The van der Waals surface area contributed by atoms with E-state index in [1.807, 2.05) is 12.3 Å². The fourth-order valence-electron chi connectivity index (χ4n) is 2.67. The number of nitrogens with one attached hydrogen (secondary N) is 1. The number of aromatic amines is 1. The zero-order chi connectivity index (χ0) is 12.4. The third-order valence-corrected chi connectivity index (χ3v) is 3.62. The smallest absolute Gasteiger partial charge is 0.0460 e. The number of rotatable bonds is 3. The number of hydrogen-bond donors (Lipinski definition) is 1. The van der Waals surface area contributed by atoms with Gasteiger partial charge in [-0.25, -0.2) is 0 Å². The third kappa shape index (κ3) is 2.00. The lowest BCUT2D eigenvalue weighted by Gasteiger charge is -2.25. The second-order valence-electron chi connectivity index (χ2n) is 4.77. The van der Waals surface area contributed by atoms with Gasteiger partial charge in [-0.05, 0) is 29.7 Å². The quantitative estimate of drug-likeness (QED) is 0.811. The maximum atomic E-state index is 3.80. The Hall–Kier alpha value is -1.80. The predicted octanol–water partition coefficient (Wildman–Crippen LogP) is 3.44. The van der Waals surface area contributed by atoms with Crippen molar-refractivity contribution in [3.8, 4) is 0 Å². The standard InChI is InChI=1S/C16H18N2/c1-2-10-18-11-7-13(8-12-18)14-4-3-5-16-15(14)6-9-17-16/h2-7,9,17H,1,8,10-12H2. The van der Waals surface area contributed by atoms with Crippen LogP contribution in [0.4, 0.5) is 0 Å². The largest absolute Gasteiger partial charge is 0.361 e. The Labute approximate surface area is 108 Å². The van der Waals surface area contributed by atoms with Gasteiger partial charge in [-0.3, -0.25) is 4.90 Å². The van der Waals surface area contributed by atoms with E-state index in [-0.39, 0.29) is 0 Å². The summed E-state index contributed by atoms with van der Waals surface area (Å²) in [5, 5.41) is 1.33. The van der Waals surface area contributed by atoms with Crippen molar-refractivity contribution in [3.05, 3.63) is 54.8 Å². The predicted molar refractivity (Wildman–Crippen MR) is 77.5 cm³/mol. The molecule has 2 aromatic rings. The molecule has 1 aliphatic heterocycles. The Balaban J connectivity index is 1.92. The van der Waals surface area contributed by atoms with E-state index in [0.717, 1.165) is 26.1 Å². The van der Waals surface area contributed by atoms with E-state index >= 15 is 0 Å². The molecule has 2 heteroatoms. The lowest BCUT2D eigenvalue weighted by Crippen LogP contribution is -2.28. The Morgan fingerprint density at radius 3 is 3.06 bits per heavy atom. The number of benzene rings is 1. The van der Waals surface area contributed by atoms with Crippen molar-refractivity contribution in [1.82, 2.24) is 9.88 Å². The highest BCUT2D eigenvalue weighted by Crippen LogP contribution is 2.28. The summed E-state index contributed by atoms with van der Waals surface area (Å²) in [6.45, 7) is 6.94. The van der Waals surface area contributed by atoms with Crippen molar-refractivity contribution >= 4 is 16.5 Å². The summed E-state index contributed by atoms with van der Waals surface area (Å²) in [5.41, 5.74) is 4.08. The molecule has 0 aliphatic carbocycles. The summed E-state index contributed by atoms with van der Waals surface area (Å²) in [7, 11) is 0. The minimum absolute atomic E-state index is 0.984. The van der Waals surface area contributed by atoms with Gasteiger partial charge in [0.25, 0.3) is 0 Å². The number of aromatic nitrogens is 1. The molecule has 0 bridgehead atoms. The van der Waals surface area contributed by atoms with E-state index in [1.165, 1.54) is 22.0 Å². The average Bonchev–Trinajstić information content (AvgIpc) is 2.88. The molecule has 2 heterocycles.